The molecule has 0 spiro atoms. The standard InChI is InChI=1S/C15H23ClO3S/c1-7-11(3)19-13-8-10(2)14(20(16,17)18)9-12(13)15(4,5)6/h8-9,11H,7H2,1-6H3. The zero-order chi connectivity index (χ0) is 15.7. The van der Waals surface area contributed by atoms with Crippen molar-refractivity contribution >= 4 is 19.7 Å². The molecule has 0 radical (unpaired) electrons. The van der Waals surface area contributed by atoms with E-state index in [4.69, 9.17) is 15.4 Å². The van der Waals surface area contributed by atoms with Crippen molar-refractivity contribution < 1.29 is 13.2 Å². The predicted octanol–water partition coefficient (Wildman–Crippen LogP) is 4.40. The molecular weight excluding hydrogens is 296 g/mol. The van der Waals surface area contributed by atoms with E-state index in [1.165, 1.54) is 0 Å². The second-order valence-electron chi connectivity index (χ2n) is 6.14. The Bertz CT molecular complexity index is 586. The van der Waals surface area contributed by atoms with Crippen molar-refractivity contribution in [2.75, 3.05) is 0 Å². The molecule has 1 rings (SSSR count). The average molecular weight is 319 g/mol. The maximum absolute atomic E-state index is 11.6. The first-order valence-corrected chi connectivity index (χ1v) is 9.04. The summed E-state index contributed by atoms with van der Waals surface area (Å²) >= 11 is 0. The molecule has 0 aliphatic rings. The first kappa shape index (κ1) is 17.3. The van der Waals surface area contributed by atoms with E-state index in [2.05, 4.69) is 0 Å². The molecule has 0 bridgehead atoms. The summed E-state index contributed by atoms with van der Waals surface area (Å²) in [6.07, 6.45) is 0.965. The topological polar surface area (TPSA) is 43.4 Å². The summed E-state index contributed by atoms with van der Waals surface area (Å²) in [6.45, 7) is 11.8. The molecule has 1 unspecified atom stereocenters. The molecule has 3 nitrogen and oxygen atoms in total. The molecule has 114 valence electrons. The van der Waals surface area contributed by atoms with Gasteiger partial charge in [-0.15, -0.1) is 0 Å². The number of rotatable bonds is 4. The molecular formula is C15H23ClO3S. The number of aryl methyl sites for hydroxylation is 1. The van der Waals surface area contributed by atoms with Gasteiger partial charge < -0.3 is 4.74 Å². The van der Waals surface area contributed by atoms with Crippen molar-refractivity contribution in [2.45, 2.75) is 64.4 Å². The lowest BCUT2D eigenvalue weighted by molar-refractivity contribution is 0.212. The molecule has 20 heavy (non-hydrogen) atoms. The van der Waals surface area contributed by atoms with Crippen LogP contribution < -0.4 is 4.74 Å². The minimum atomic E-state index is -3.75. The largest absolute Gasteiger partial charge is 0.490 e. The van der Waals surface area contributed by atoms with Crippen LogP contribution in [0.2, 0.25) is 0 Å². The third kappa shape index (κ3) is 4.13. The van der Waals surface area contributed by atoms with Crippen LogP contribution in [-0.4, -0.2) is 14.5 Å². The van der Waals surface area contributed by atoms with Crippen LogP contribution in [0.5, 0.6) is 5.75 Å². The Kier molecular flexibility index (Phi) is 5.14. The van der Waals surface area contributed by atoms with Crippen LogP contribution in [0.4, 0.5) is 0 Å². The van der Waals surface area contributed by atoms with E-state index in [1.54, 1.807) is 19.1 Å². The summed E-state index contributed by atoms with van der Waals surface area (Å²) in [7, 11) is 1.75. The van der Waals surface area contributed by atoms with Gasteiger partial charge in [0.2, 0.25) is 0 Å². The Morgan fingerprint density at radius 2 is 1.85 bits per heavy atom. The Hall–Kier alpha value is -0.740. The highest BCUT2D eigenvalue weighted by atomic mass is 35.7. The third-order valence-electron chi connectivity index (χ3n) is 3.25. The molecule has 0 amide bonds. The van der Waals surface area contributed by atoms with Gasteiger partial charge in [0.15, 0.2) is 0 Å². The first-order chi connectivity index (χ1) is 8.96. The quantitative estimate of drug-likeness (QED) is 0.773. The van der Waals surface area contributed by atoms with Crippen molar-refractivity contribution in [2.24, 2.45) is 0 Å². The Morgan fingerprint density at radius 3 is 2.25 bits per heavy atom. The Morgan fingerprint density at radius 1 is 1.30 bits per heavy atom. The Balaban J connectivity index is 3.50. The van der Waals surface area contributed by atoms with Crippen molar-refractivity contribution in [1.29, 1.82) is 0 Å². The van der Waals surface area contributed by atoms with Crippen LogP contribution in [0.15, 0.2) is 17.0 Å². The molecule has 0 N–H and O–H groups in total. The summed E-state index contributed by atoms with van der Waals surface area (Å²) in [4.78, 5) is 0.153. The van der Waals surface area contributed by atoms with Crippen LogP contribution in [0.1, 0.15) is 52.2 Å². The van der Waals surface area contributed by atoms with Gasteiger partial charge in [-0.25, -0.2) is 8.42 Å². The van der Waals surface area contributed by atoms with Crippen molar-refractivity contribution in [3.05, 3.63) is 23.3 Å². The molecule has 0 aliphatic heterocycles. The number of hydrogen-bond donors (Lipinski definition) is 0. The summed E-state index contributed by atoms with van der Waals surface area (Å²) in [5, 5.41) is 0. The number of halogens is 1. The Labute approximate surface area is 126 Å². The lowest BCUT2D eigenvalue weighted by Gasteiger charge is -2.26. The molecule has 1 aromatic carbocycles. The highest BCUT2D eigenvalue weighted by Gasteiger charge is 2.25. The highest BCUT2D eigenvalue weighted by Crippen LogP contribution is 2.36. The normalized spacial score (nSPS) is 14.2. The van der Waals surface area contributed by atoms with Gasteiger partial charge >= 0.3 is 0 Å². The van der Waals surface area contributed by atoms with Crippen LogP contribution in [-0.2, 0) is 14.5 Å². The van der Waals surface area contributed by atoms with Crippen LogP contribution >= 0.6 is 10.7 Å². The number of benzene rings is 1. The van der Waals surface area contributed by atoms with Crippen molar-refractivity contribution in [3.63, 3.8) is 0 Å². The molecule has 0 saturated carbocycles. The summed E-state index contributed by atoms with van der Waals surface area (Å²) in [6, 6.07) is 3.40. The molecule has 1 aromatic rings. The number of hydrogen-bond acceptors (Lipinski definition) is 3. The van der Waals surface area contributed by atoms with Gasteiger partial charge in [0.1, 0.15) is 5.75 Å². The van der Waals surface area contributed by atoms with Gasteiger partial charge in [0.25, 0.3) is 9.05 Å². The van der Waals surface area contributed by atoms with E-state index in [-0.39, 0.29) is 16.4 Å². The zero-order valence-corrected chi connectivity index (χ0v) is 14.5. The van der Waals surface area contributed by atoms with Crippen molar-refractivity contribution in [1.82, 2.24) is 0 Å². The van der Waals surface area contributed by atoms with Crippen LogP contribution in [0, 0.1) is 6.92 Å². The smallest absolute Gasteiger partial charge is 0.261 e. The van der Waals surface area contributed by atoms with E-state index >= 15 is 0 Å². The molecule has 1 atom stereocenters. The van der Waals surface area contributed by atoms with E-state index in [0.717, 1.165) is 17.7 Å². The molecule has 0 heterocycles. The average Bonchev–Trinajstić information content (AvgIpc) is 2.25. The second kappa shape index (κ2) is 5.94. The lowest BCUT2D eigenvalue weighted by atomic mass is 9.86. The maximum Gasteiger partial charge on any atom is 0.261 e. The molecule has 0 fully saturated rings. The van der Waals surface area contributed by atoms with E-state index < -0.39 is 9.05 Å². The first-order valence-electron chi connectivity index (χ1n) is 6.73. The summed E-state index contributed by atoms with van der Waals surface area (Å²) in [5.74, 6) is 0.730. The van der Waals surface area contributed by atoms with Gasteiger partial charge in [0.05, 0.1) is 11.0 Å². The van der Waals surface area contributed by atoms with Crippen molar-refractivity contribution in [3.8, 4) is 5.75 Å². The minimum Gasteiger partial charge on any atom is -0.490 e. The van der Waals surface area contributed by atoms with Gasteiger partial charge in [-0.05, 0) is 43.4 Å². The SMILES string of the molecule is CCC(C)Oc1cc(C)c(S(=O)(=O)Cl)cc1C(C)(C)C. The third-order valence-corrected chi connectivity index (χ3v) is 4.71. The fourth-order valence-electron chi connectivity index (χ4n) is 1.91. The zero-order valence-electron chi connectivity index (χ0n) is 13.0. The van der Waals surface area contributed by atoms with Gasteiger partial charge in [-0.3, -0.25) is 0 Å². The molecule has 0 aromatic heterocycles. The molecule has 5 heteroatoms. The van der Waals surface area contributed by atoms with E-state index in [0.29, 0.717) is 5.56 Å². The lowest BCUT2D eigenvalue weighted by Crippen LogP contribution is -2.18. The minimum absolute atomic E-state index is 0.0777. The summed E-state index contributed by atoms with van der Waals surface area (Å²) < 4.78 is 29.2. The molecule has 0 aliphatic carbocycles. The second-order valence-corrected chi connectivity index (χ2v) is 8.67. The fraction of sp³-hybridized carbons (Fsp3) is 0.600. The van der Waals surface area contributed by atoms with Gasteiger partial charge in [0, 0.05) is 16.2 Å². The number of ether oxygens (including phenoxy) is 1. The van der Waals surface area contributed by atoms with E-state index in [9.17, 15) is 8.42 Å². The fourth-order valence-corrected chi connectivity index (χ4v) is 3.11. The maximum atomic E-state index is 11.6. The monoisotopic (exact) mass is 318 g/mol. The molecule has 0 saturated heterocycles. The van der Waals surface area contributed by atoms with Crippen LogP contribution in [0.3, 0.4) is 0 Å². The van der Waals surface area contributed by atoms with Gasteiger partial charge in [-0.2, -0.15) is 0 Å². The van der Waals surface area contributed by atoms with Gasteiger partial charge in [-0.1, -0.05) is 27.7 Å². The van der Waals surface area contributed by atoms with E-state index in [1.807, 2.05) is 34.6 Å². The highest BCUT2D eigenvalue weighted by molar-refractivity contribution is 8.13. The summed E-state index contributed by atoms with van der Waals surface area (Å²) in [5.41, 5.74) is 1.22. The van der Waals surface area contributed by atoms with Crippen LogP contribution in [0.25, 0.3) is 0 Å². The predicted molar refractivity (Wildman–Crippen MR) is 83.3 cm³/mol.